The Morgan fingerprint density at radius 3 is 1.89 bits per heavy atom. The largest absolute Gasteiger partial charge is 0.247 e. The molecule has 0 fully saturated rings. The minimum absolute atomic E-state index is 0.358. The number of nitrogens with zero attached hydrogens (tertiary/aromatic N) is 2. The molecule has 0 aliphatic heterocycles. The van der Waals surface area contributed by atoms with Crippen LogP contribution in [-0.2, 0) is 6.54 Å². The topological polar surface area (TPSA) is 6.48 Å². The first-order valence-electron chi connectivity index (χ1n) is 6.71. The first kappa shape index (κ1) is 13.8. The van der Waals surface area contributed by atoms with E-state index in [1.54, 1.807) is 0 Å². The van der Waals surface area contributed by atoms with Gasteiger partial charge in [0.1, 0.15) is 0 Å². The van der Waals surface area contributed by atoms with Crippen molar-refractivity contribution < 1.29 is 0 Å². The van der Waals surface area contributed by atoms with Gasteiger partial charge in [-0.25, -0.2) is 10.0 Å². The van der Waals surface area contributed by atoms with Crippen LogP contribution in [-0.4, -0.2) is 24.1 Å². The fourth-order valence-corrected chi connectivity index (χ4v) is 2.30. The van der Waals surface area contributed by atoms with Crippen molar-refractivity contribution in [1.29, 1.82) is 0 Å². The predicted octanol–water partition coefficient (Wildman–Crippen LogP) is 3.73. The lowest BCUT2D eigenvalue weighted by molar-refractivity contribution is -0.0221. The molecule has 0 saturated heterocycles. The summed E-state index contributed by atoms with van der Waals surface area (Å²) in [4.78, 5) is 0. The van der Waals surface area contributed by atoms with Crippen molar-refractivity contribution in [1.82, 2.24) is 10.0 Å². The number of hydrogen-bond donors (Lipinski definition) is 0. The van der Waals surface area contributed by atoms with Gasteiger partial charge in [-0.15, -0.1) is 0 Å². The standard InChI is InChI=1S/C17H22N2/c1-15(17-12-8-5-9-13-17)19(18(2)3)14-16-10-6-4-7-11-16/h4-13,15H,14H2,1-3H3. The molecule has 0 aromatic heterocycles. The van der Waals surface area contributed by atoms with Gasteiger partial charge in [0.05, 0.1) is 0 Å². The number of hydrazine groups is 1. The molecule has 0 radical (unpaired) electrons. The first-order chi connectivity index (χ1) is 9.18. The van der Waals surface area contributed by atoms with Gasteiger partial charge in [-0.05, 0) is 18.1 Å². The molecule has 0 aliphatic carbocycles. The molecule has 2 aromatic rings. The zero-order valence-corrected chi connectivity index (χ0v) is 12.0. The number of rotatable bonds is 5. The van der Waals surface area contributed by atoms with E-state index >= 15 is 0 Å². The molecular weight excluding hydrogens is 232 g/mol. The monoisotopic (exact) mass is 254 g/mol. The van der Waals surface area contributed by atoms with Crippen molar-refractivity contribution in [3.63, 3.8) is 0 Å². The molecule has 1 atom stereocenters. The van der Waals surface area contributed by atoms with Gasteiger partial charge in [0.2, 0.25) is 0 Å². The SMILES string of the molecule is CC(c1ccccc1)N(Cc1ccccc1)N(C)C. The van der Waals surface area contributed by atoms with Crippen LogP contribution >= 0.6 is 0 Å². The van der Waals surface area contributed by atoms with E-state index in [1.807, 2.05) is 0 Å². The predicted molar refractivity (Wildman–Crippen MR) is 80.5 cm³/mol. The third-order valence-electron chi connectivity index (χ3n) is 3.43. The first-order valence-corrected chi connectivity index (χ1v) is 6.71. The molecule has 0 saturated carbocycles. The lowest BCUT2D eigenvalue weighted by Gasteiger charge is -2.34. The Morgan fingerprint density at radius 1 is 0.842 bits per heavy atom. The Labute approximate surface area is 116 Å². The van der Waals surface area contributed by atoms with Gasteiger partial charge in [-0.1, -0.05) is 60.7 Å². The second-order valence-electron chi connectivity index (χ2n) is 5.02. The van der Waals surface area contributed by atoms with E-state index < -0.39 is 0 Å². The molecule has 0 heterocycles. The van der Waals surface area contributed by atoms with Crippen LogP contribution in [0, 0.1) is 0 Å². The molecule has 0 bridgehead atoms. The Balaban J connectivity index is 2.17. The van der Waals surface area contributed by atoms with Gasteiger partial charge in [-0.3, -0.25) is 0 Å². The van der Waals surface area contributed by atoms with Crippen LogP contribution in [0.2, 0.25) is 0 Å². The third kappa shape index (κ3) is 3.66. The molecule has 2 nitrogen and oxygen atoms in total. The molecule has 0 aliphatic rings. The fourth-order valence-electron chi connectivity index (χ4n) is 2.30. The van der Waals surface area contributed by atoms with Gasteiger partial charge in [0, 0.05) is 26.7 Å². The Morgan fingerprint density at radius 2 is 1.37 bits per heavy atom. The van der Waals surface area contributed by atoms with Gasteiger partial charge >= 0.3 is 0 Å². The molecule has 19 heavy (non-hydrogen) atoms. The average Bonchev–Trinajstić information content (AvgIpc) is 2.46. The molecule has 2 heteroatoms. The molecule has 1 unspecified atom stereocenters. The highest BCUT2D eigenvalue weighted by Gasteiger charge is 2.17. The van der Waals surface area contributed by atoms with Crippen LogP contribution < -0.4 is 0 Å². The molecule has 0 spiro atoms. The quantitative estimate of drug-likeness (QED) is 0.750. The Bertz CT molecular complexity index is 479. The van der Waals surface area contributed by atoms with Crippen LogP contribution in [0.3, 0.4) is 0 Å². The van der Waals surface area contributed by atoms with Crippen LogP contribution in [0.15, 0.2) is 60.7 Å². The van der Waals surface area contributed by atoms with Crippen LogP contribution in [0.4, 0.5) is 0 Å². The maximum absolute atomic E-state index is 2.37. The molecule has 2 rings (SSSR count). The van der Waals surface area contributed by atoms with Crippen molar-refractivity contribution in [3.05, 3.63) is 71.8 Å². The van der Waals surface area contributed by atoms with Crippen LogP contribution in [0.1, 0.15) is 24.1 Å². The highest BCUT2D eigenvalue weighted by molar-refractivity contribution is 5.19. The van der Waals surface area contributed by atoms with E-state index in [9.17, 15) is 0 Å². The van der Waals surface area contributed by atoms with Gasteiger partial charge < -0.3 is 0 Å². The van der Waals surface area contributed by atoms with Crippen LogP contribution in [0.5, 0.6) is 0 Å². The van der Waals surface area contributed by atoms with Crippen molar-refractivity contribution in [2.24, 2.45) is 0 Å². The van der Waals surface area contributed by atoms with Crippen molar-refractivity contribution >= 4 is 0 Å². The average molecular weight is 254 g/mol. The maximum Gasteiger partial charge on any atom is 0.0470 e. The maximum atomic E-state index is 2.37. The lowest BCUT2D eigenvalue weighted by atomic mass is 10.1. The highest BCUT2D eigenvalue weighted by Crippen LogP contribution is 2.22. The van der Waals surface area contributed by atoms with Crippen molar-refractivity contribution in [3.8, 4) is 0 Å². The molecule has 100 valence electrons. The number of hydrogen-bond acceptors (Lipinski definition) is 2. The summed E-state index contributed by atoms with van der Waals surface area (Å²) in [5.41, 5.74) is 2.67. The Hall–Kier alpha value is -1.64. The zero-order chi connectivity index (χ0) is 13.7. The second-order valence-corrected chi connectivity index (χ2v) is 5.02. The van der Waals surface area contributed by atoms with Gasteiger partial charge in [0.25, 0.3) is 0 Å². The third-order valence-corrected chi connectivity index (χ3v) is 3.43. The summed E-state index contributed by atoms with van der Waals surface area (Å²) in [5.74, 6) is 0. The Kier molecular flexibility index (Phi) is 4.72. The summed E-state index contributed by atoms with van der Waals surface area (Å²) in [6, 6.07) is 21.6. The fraction of sp³-hybridized carbons (Fsp3) is 0.294. The molecular formula is C17H22N2. The van der Waals surface area contributed by atoms with E-state index in [-0.39, 0.29) is 0 Å². The van der Waals surface area contributed by atoms with E-state index in [2.05, 4.69) is 91.7 Å². The van der Waals surface area contributed by atoms with E-state index in [4.69, 9.17) is 0 Å². The second kappa shape index (κ2) is 6.50. The van der Waals surface area contributed by atoms with Gasteiger partial charge in [-0.2, -0.15) is 0 Å². The smallest absolute Gasteiger partial charge is 0.0470 e. The summed E-state index contributed by atoms with van der Waals surface area (Å²) < 4.78 is 0. The zero-order valence-electron chi connectivity index (χ0n) is 12.0. The lowest BCUT2D eigenvalue weighted by Crippen LogP contribution is -2.38. The minimum atomic E-state index is 0.358. The molecule has 0 N–H and O–H groups in total. The van der Waals surface area contributed by atoms with Crippen molar-refractivity contribution in [2.75, 3.05) is 14.1 Å². The van der Waals surface area contributed by atoms with E-state index in [1.165, 1.54) is 11.1 Å². The highest BCUT2D eigenvalue weighted by atomic mass is 15.6. The van der Waals surface area contributed by atoms with Gasteiger partial charge in [0.15, 0.2) is 0 Å². The van der Waals surface area contributed by atoms with E-state index in [0.29, 0.717) is 6.04 Å². The minimum Gasteiger partial charge on any atom is -0.247 e. The molecule has 0 amide bonds. The van der Waals surface area contributed by atoms with Crippen LogP contribution in [0.25, 0.3) is 0 Å². The summed E-state index contributed by atoms with van der Waals surface area (Å²) >= 11 is 0. The summed E-state index contributed by atoms with van der Waals surface area (Å²) in [6.07, 6.45) is 0. The number of benzene rings is 2. The molecule has 2 aromatic carbocycles. The summed E-state index contributed by atoms with van der Waals surface area (Å²) in [6.45, 7) is 3.17. The summed E-state index contributed by atoms with van der Waals surface area (Å²) in [5, 5.41) is 4.54. The van der Waals surface area contributed by atoms with E-state index in [0.717, 1.165) is 6.54 Å². The summed E-state index contributed by atoms with van der Waals surface area (Å²) in [7, 11) is 4.20. The van der Waals surface area contributed by atoms with Crippen molar-refractivity contribution in [2.45, 2.75) is 19.5 Å². The normalized spacial score (nSPS) is 12.9.